The van der Waals surface area contributed by atoms with Gasteiger partial charge in [-0.05, 0) is 18.4 Å². The van der Waals surface area contributed by atoms with E-state index < -0.39 is 0 Å². The Morgan fingerprint density at radius 2 is 2.39 bits per heavy atom. The maximum Gasteiger partial charge on any atom is 0.265 e. The van der Waals surface area contributed by atoms with Crippen LogP contribution in [0.5, 0.6) is 0 Å². The molecule has 2 aromatic heterocycles. The molecule has 2 N–H and O–H groups in total. The number of anilines is 1. The number of carbonyl (C=O) groups is 1. The van der Waals surface area contributed by atoms with Gasteiger partial charge in [0.1, 0.15) is 9.71 Å². The van der Waals surface area contributed by atoms with Crippen LogP contribution in [0.3, 0.4) is 0 Å². The zero-order valence-electron chi connectivity index (χ0n) is 10.3. The Bertz CT molecular complexity index is 567. The SMILES string of the molecule is CSCCN(C)C(=O)c1sc2ncccc2c1N. The van der Waals surface area contributed by atoms with Crippen LogP contribution in [0, 0.1) is 0 Å². The first-order chi connectivity index (χ1) is 8.65. The number of nitrogens with two attached hydrogens (primary N) is 1. The van der Waals surface area contributed by atoms with Crippen LogP contribution in [0.2, 0.25) is 0 Å². The third kappa shape index (κ3) is 2.44. The molecule has 6 heteroatoms. The molecule has 0 radical (unpaired) electrons. The number of pyridine rings is 1. The van der Waals surface area contributed by atoms with E-state index in [9.17, 15) is 4.79 Å². The predicted octanol–water partition coefficient (Wildman–Crippen LogP) is 2.31. The molecular formula is C12H15N3OS2. The van der Waals surface area contributed by atoms with Gasteiger partial charge in [0, 0.05) is 30.9 Å². The molecule has 0 saturated heterocycles. The average Bonchev–Trinajstić information content (AvgIpc) is 2.73. The van der Waals surface area contributed by atoms with Gasteiger partial charge in [-0.15, -0.1) is 11.3 Å². The fraction of sp³-hybridized carbons (Fsp3) is 0.333. The number of hydrogen-bond donors (Lipinski definition) is 1. The molecule has 0 saturated carbocycles. The topological polar surface area (TPSA) is 59.2 Å². The van der Waals surface area contributed by atoms with Crippen LogP contribution in [0.15, 0.2) is 18.3 Å². The summed E-state index contributed by atoms with van der Waals surface area (Å²) in [4.78, 5) is 19.6. The van der Waals surface area contributed by atoms with Crippen molar-refractivity contribution in [3.05, 3.63) is 23.2 Å². The van der Waals surface area contributed by atoms with Crippen LogP contribution in [0.25, 0.3) is 10.2 Å². The Labute approximate surface area is 114 Å². The molecule has 1 amide bonds. The molecule has 0 spiro atoms. The smallest absolute Gasteiger partial charge is 0.265 e. The van der Waals surface area contributed by atoms with E-state index in [-0.39, 0.29) is 5.91 Å². The standard InChI is InChI=1S/C12H15N3OS2/c1-15(6-7-17-2)12(16)10-9(13)8-4-3-5-14-11(8)18-10/h3-5H,6-7,13H2,1-2H3. The summed E-state index contributed by atoms with van der Waals surface area (Å²) in [5.41, 5.74) is 6.57. The second-order valence-corrected chi connectivity index (χ2v) is 5.91. The van der Waals surface area contributed by atoms with Crippen molar-refractivity contribution >= 4 is 44.9 Å². The Morgan fingerprint density at radius 3 is 3.06 bits per heavy atom. The Morgan fingerprint density at radius 1 is 1.61 bits per heavy atom. The highest BCUT2D eigenvalue weighted by molar-refractivity contribution is 7.98. The molecule has 0 unspecified atom stereocenters. The van der Waals surface area contributed by atoms with Crippen LogP contribution in [0.4, 0.5) is 5.69 Å². The third-order valence-corrected chi connectivity index (χ3v) is 4.38. The molecule has 2 rings (SSSR count). The largest absolute Gasteiger partial charge is 0.397 e. The number of rotatable bonds is 4. The maximum absolute atomic E-state index is 12.3. The highest BCUT2D eigenvalue weighted by Crippen LogP contribution is 2.32. The summed E-state index contributed by atoms with van der Waals surface area (Å²) in [6.45, 7) is 0.723. The number of hydrogen-bond acceptors (Lipinski definition) is 5. The van der Waals surface area contributed by atoms with Crippen molar-refractivity contribution in [2.24, 2.45) is 0 Å². The van der Waals surface area contributed by atoms with E-state index in [1.165, 1.54) is 11.3 Å². The molecular weight excluding hydrogens is 266 g/mol. The molecule has 0 aliphatic rings. The van der Waals surface area contributed by atoms with Crippen LogP contribution >= 0.6 is 23.1 Å². The van der Waals surface area contributed by atoms with Gasteiger partial charge in [0.25, 0.3) is 5.91 Å². The minimum Gasteiger partial charge on any atom is -0.397 e. The highest BCUT2D eigenvalue weighted by Gasteiger charge is 2.19. The second kappa shape index (κ2) is 5.58. The van der Waals surface area contributed by atoms with E-state index in [4.69, 9.17) is 5.73 Å². The van der Waals surface area contributed by atoms with E-state index in [0.717, 1.165) is 22.5 Å². The lowest BCUT2D eigenvalue weighted by molar-refractivity contribution is 0.0809. The van der Waals surface area contributed by atoms with Crippen molar-refractivity contribution < 1.29 is 4.79 Å². The van der Waals surface area contributed by atoms with Crippen LogP contribution < -0.4 is 5.73 Å². The van der Waals surface area contributed by atoms with Gasteiger partial charge in [-0.3, -0.25) is 4.79 Å². The van der Waals surface area contributed by atoms with Gasteiger partial charge in [0.2, 0.25) is 0 Å². The first-order valence-electron chi connectivity index (χ1n) is 5.52. The van der Waals surface area contributed by atoms with Gasteiger partial charge in [0.05, 0.1) is 5.69 Å². The Hall–Kier alpha value is -1.27. The number of thiophene rings is 1. The summed E-state index contributed by atoms with van der Waals surface area (Å²) < 4.78 is 0. The normalized spacial score (nSPS) is 10.8. The number of carbonyl (C=O) groups excluding carboxylic acids is 1. The molecule has 0 bridgehead atoms. The fourth-order valence-corrected chi connectivity index (χ4v) is 3.13. The van der Waals surface area contributed by atoms with Gasteiger partial charge in [-0.2, -0.15) is 11.8 Å². The average molecular weight is 281 g/mol. The molecule has 4 nitrogen and oxygen atoms in total. The zero-order chi connectivity index (χ0) is 13.1. The third-order valence-electron chi connectivity index (χ3n) is 2.68. The summed E-state index contributed by atoms with van der Waals surface area (Å²) in [6.07, 6.45) is 3.74. The van der Waals surface area contributed by atoms with Gasteiger partial charge in [-0.25, -0.2) is 4.98 Å². The van der Waals surface area contributed by atoms with Crippen LogP contribution in [-0.2, 0) is 0 Å². The molecule has 0 aromatic carbocycles. The van der Waals surface area contributed by atoms with Gasteiger partial charge in [-0.1, -0.05) is 0 Å². The number of thioether (sulfide) groups is 1. The summed E-state index contributed by atoms with van der Waals surface area (Å²) in [5, 5.41) is 0.865. The first kappa shape index (κ1) is 13.2. The lowest BCUT2D eigenvalue weighted by Gasteiger charge is -2.15. The van der Waals surface area contributed by atoms with Crippen molar-refractivity contribution in [1.29, 1.82) is 0 Å². The molecule has 18 heavy (non-hydrogen) atoms. The van der Waals surface area contributed by atoms with Gasteiger partial charge in [0.15, 0.2) is 0 Å². The molecule has 2 aromatic rings. The molecule has 0 atom stereocenters. The maximum atomic E-state index is 12.3. The lowest BCUT2D eigenvalue weighted by Crippen LogP contribution is -2.28. The monoisotopic (exact) mass is 281 g/mol. The molecule has 0 fully saturated rings. The molecule has 0 aliphatic carbocycles. The number of aromatic nitrogens is 1. The number of nitrogens with zero attached hydrogens (tertiary/aromatic N) is 2. The zero-order valence-corrected chi connectivity index (χ0v) is 12.0. The summed E-state index contributed by atoms with van der Waals surface area (Å²) in [6, 6.07) is 3.73. The van der Waals surface area contributed by atoms with Crippen LogP contribution in [-0.4, -0.2) is 41.4 Å². The quantitative estimate of drug-likeness (QED) is 0.934. The highest BCUT2D eigenvalue weighted by atomic mass is 32.2. The van der Waals surface area contributed by atoms with E-state index >= 15 is 0 Å². The van der Waals surface area contributed by atoms with Gasteiger partial charge >= 0.3 is 0 Å². The lowest BCUT2D eigenvalue weighted by atomic mass is 10.2. The number of fused-ring (bicyclic) bond motifs is 1. The number of amides is 1. The van der Waals surface area contributed by atoms with Crippen LogP contribution in [0.1, 0.15) is 9.67 Å². The van der Waals surface area contributed by atoms with Crippen molar-refractivity contribution in [2.45, 2.75) is 0 Å². The Balaban J connectivity index is 2.30. The van der Waals surface area contributed by atoms with Crippen molar-refractivity contribution in [1.82, 2.24) is 9.88 Å². The van der Waals surface area contributed by atoms with E-state index in [2.05, 4.69) is 4.98 Å². The summed E-state index contributed by atoms with van der Waals surface area (Å²) >= 11 is 3.08. The van der Waals surface area contributed by atoms with E-state index in [1.54, 1.807) is 29.9 Å². The molecule has 0 aliphatic heterocycles. The summed E-state index contributed by atoms with van der Waals surface area (Å²) in [5.74, 6) is 0.898. The predicted molar refractivity (Wildman–Crippen MR) is 79.4 cm³/mol. The first-order valence-corrected chi connectivity index (χ1v) is 7.73. The minimum absolute atomic E-state index is 0.0236. The fourth-order valence-electron chi connectivity index (χ4n) is 1.61. The molecule has 96 valence electrons. The van der Waals surface area contributed by atoms with E-state index in [0.29, 0.717) is 10.6 Å². The van der Waals surface area contributed by atoms with Crippen molar-refractivity contribution in [3.63, 3.8) is 0 Å². The second-order valence-electron chi connectivity index (χ2n) is 3.92. The molecule has 2 heterocycles. The number of nitrogen functional groups attached to an aromatic ring is 1. The van der Waals surface area contributed by atoms with Gasteiger partial charge < -0.3 is 10.6 Å². The van der Waals surface area contributed by atoms with Crippen molar-refractivity contribution in [2.75, 3.05) is 31.3 Å². The van der Waals surface area contributed by atoms with E-state index in [1.807, 2.05) is 18.4 Å². The Kier molecular flexibility index (Phi) is 4.08. The van der Waals surface area contributed by atoms with Crippen molar-refractivity contribution in [3.8, 4) is 0 Å². The minimum atomic E-state index is -0.0236. The summed E-state index contributed by atoms with van der Waals surface area (Å²) in [7, 11) is 1.80.